The van der Waals surface area contributed by atoms with Crippen LogP contribution in [0.2, 0.25) is 0 Å². The maximum Gasteiger partial charge on any atom is 0.419 e. The first kappa shape index (κ1) is 19.8. The largest absolute Gasteiger partial charge is 0.493 e. The zero-order valence-corrected chi connectivity index (χ0v) is 16.2. The second kappa shape index (κ2) is 7.21. The van der Waals surface area contributed by atoms with Crippen LogP contribution in [0.1, 0.15) is 24.1 Å². The summed E-state index contributed by atoms with van der Waals surface area (Å²) in [7, 11) is 0. The van der Waals surface area contributed by atoms with Crippen molar-refractivity contribution < 1.29 is 18.3 Å². The number of alkyl halides is 3. The van der Waals surface area contributed by atoms with Gasteiger partial charge < -0.3 is 15.4 Å². The molecule has 13 heteroatoms. The van der Waals surface area contributed by atoms with Crippen LogP contribution >= 0.6 is 0 Å². The summed E-state index contributed by atoms with van der Waals surface area (Å²) in [5.41, 5.74) is -0.939. The number of aromatic amines is 2. The molecule has 164 valence electrons. The minimum atomic E-state index is -4.60. The standard InChI is InChI=1S/C19H15F3N8O2/c20-19(21,22)11-8-23-4-3-12(11)26-14-6-15(25-10-1-2-10)30-16(28-14)9(7-24-30)5-13-17(31)29-18(32)27-13/h3-8,10,31H,1-2H2,(H,23,26)(H2,27,29,32)/b9-5-,25-15?. The van der Waals surface area contributed by atoms with Crippen LogP contribution in [0, 0.1) is 0 Å². The Labute approximate surface area is 176 Å². The Balaban J connectivity index is 1.68. The van der Waals surface area contributed by atoms with Gasteiger partial charge in [-0.25, -0.2) is 9.78 Å². The average molecular weight is 444 g/mol. The highest BCUT2D eigenvalue weighted by Gasteiger charge is 2.34. The molecule has 0 saturated heterocycles. The molecular weight excluding hydrogens is 429 g/mol. The van der Waals surface area contributed by atoms with E-state index in [1.165, 1.54) is 35.1 Å². The smallest absolute Gasteiger partial charge is 0.419 e. The molecule has 32 heavy (non-hydrogen) atoms. The Hall–Kier alpha value is -4.16. The van der Waals surface area contributed by atoms with E-state index in [1.807, 2.05) is 0 Å². The van der Waals surface area contributed by atoms with E-state index < -0.39 is 17.4 Å². The fourth-order valence-corrected chi connectivity index (χ4v) is 3.13. The van der Waals surface area contributed by atoms with Crippen molar-refractivity contribution in [2.75, 3.05) is 5.32 Å². The van der Waals surface area contributed by atoms with Crippen molar-refractivity contribution in [3.05, 3.63) is 63.2 Å². The Bertz CT molecular complexity index is 1500. The molecule has 0 radical (unpaired) electrons. The number of H-pyrrole nitrogens is 2. The molecule has 0 atom stereocenters. The van der Waals surface area contributed by atoms with Crippen LogP contribution in [0.5, 0.6) is 5.88 Å². The number of aromatic hydroxyl groups is 1. The molecular formula is C19H15F3N8O2. The lowest BCUT2D eigenvalue weighted by Crippen LogP contribution is -2.20. The van der Waals surface area contributed by atoms with Crippen LogP contribution in [0.25, 0.3) is 11.7 Å². The third-order valence-corrected chi connectivity index (χ3v) is 4.77. The molecule has 0 spiro atoms. The van der Waals surface area contributed by atoms with Crippen molar-refractivity contribution in [3.8, 4) is 5.88 Å². The second-order valence-corrected chi connectivity index (χ2v) is 7.22. The number of hydrogen-bond donors (Lipinski definition) is 4. The molecule has 0 amide bonds. The minimum Gasteiger partial charge on any atom is -0.493 e. The fraction of sp³-hybridized carbons (Fsp3) is 0.211. The number of aromatic nitrogens is 6. The lowest BCUT2D eigenvalue weighted by Gasteiger charge is -2.13. The van der Waals surface area contributed by atoms with Gasteiger partial charge in [-0.3, -0.25) is 15.0 Å². The third kappa shape index (κ3) is 3.79. The predicted octanol–water partition coefficient (Wildman–Crippen LogP) is 1.22. The quantitative estimate of drug-likeness (QED) is 0.374. The van der Waals surface area contributed by atoms with Gasteiger partial charge in [0.25, 0.3) is 0 Å². The van der Waals surface area contributed by atoms with E-state index in [-0.39, 0.29) is 34.8 Å². The lowest BCUT2D eigenvalue weighted by atomic mass is 10.2. The van der Waals surface area contributed by atoms with Crippen molar-refractivity contribution in [1.82, 2.24) is 29.5 Å². The summed E-state index contributed by atoms with van der Waals surface area (Å²) >= 11 is 0. The van der Waals surface area contributed by atoms with Crippen molar-refractivity contribution in [2.45, 2.75) is 25.1 Å². The molecule has 1 aliphatic carbocycles. The summed E-state index contributed by atoms with van der Waals surface area (Å²) < 4.78 is 41.6. The molecule has 0 aromatic carbocycles. The van der Waals surface area contributed by atoms with E-state index in [2.05, 4.69) is 35.3 Å². The van der Waals surface area contributed by atoms with Crippen LogP contribution in [-0.4, -0.2) is 40.7 Å². The molecule has 0 unspecified atom stereocenters. The number of pyridine rings is 1. The van der Waals surface area contributed by atoms with Gasteiger partial charge in [-0.2, -0.15) is 22.8 Å². The van der Waals surface area contributed by atoms with E-state index in [0.29, 0.717) is 10.7 Å². The van der Waals surface area contributed by atoms with Gasteiger partial charge in [-0.1, -0.05) is 0 Å². The van der Waals surface area contributed by atoms with Crippen LogP contribution < -0.4 is 21.7 Å². The minimum absolute atomic E-state index is 0.110. The Morgan fingerprint density at radius 1 is 1.28 bits per heavy atom. The highest BCUT2D eigenvalue weighted by Crippen LogP contribution is 2.34. The van der Waals surface area contributed by atoms with Gasteiger partial charge in [0, 0.05) is 23.7 Å². The van der Waals surface area contributed by atoms with Crippen molar-refractivity contribution >= 4 is 23.2 Å². The molecule has 4 N–H and O–H groups in total. The van der Waals surface area contributed by atoms with Gasteiger partial charge in [-0.05, 0) is 25.0 Å². The third-order valence-electron chi connectivity index (χ3n) is 4.77. The SMILES string of the molecule is O=c1[nH]c(O)c(/C=c2/cnn3c(=NC4CC4)cc(Nc4ccncc4C(F)(F)F)nc23)[nH]1. The Morgan fingerprint density at radius 3 is 2.78 bits per heavy atom. The summed E-state index contributed by atoms with van der Waals surface area (Å²) in [6, 6.07) is 2.83. The molecule has 4 heterocycles. The molecule has 10 nitrogen and oxygen atoms in total. The summed E-state index contributed by atoms with van der Waals surface area (Å²) in [4.78, 5) is 28.6. The summed E-state index contributed by atoms with van der Waals surface area (Å²) in [5.74, 6) is -0.242. The molecule has 4 aromatic rings. The van der Waals surface area contributed by atoms with Gasteiger partial charge >= 0.3 is 11.9 Å². The highest BCUT2D eigenvalue weighted by molar-refractivity contribution is 5.63. The lowest BCUT2D eigenvalue weighted by molar-refractivity contribution is -0.137. The number of imidazole rings is 1. The van der Waals surface area contributed by atoms with Crippen LogP contribution in [0.3, 0.4) is 0 Å². The molecule has 0 aliphatic heterocycles. The van der Waals surface area contributed by atoms with Gasteiger partial charge in [0.1, 0.15) is 11.5 Å². The van der Waals surface area contributed by atoms with Gasteiger partial charge in [0.05, 0.1) is 23.5 Å². The zero-order valence-electron chi connectivity index (χ0n) is 16.2. The van der Waals surface area contributed by atoms with E-state index in [4.69, 9.17) is 0 Å². The number of hydrogen-bond acceptors (Lipinski definition) is 7. The monoisotopic (exact) mass is 444 g/mol. The van der Waals surface area contributed by atoms with Crippen molar-refractivity contribution in [3.63, 3.8) is 0 Å². The number of fused-ring (bicyclic) bond motifs is 1. The van der Waals surface area contributed by atoms with Crippen LogP contribution in [0.4, 0.5) is 24.7 Å². The summed E-state index contributed by atoms with van der Waals surface area (Å²) in [6.45, 7) is 0. The topological polar surface area (TPSA) is 136 Å². The molecule has 0 bridgehead atoms. The first-order valence-electron chi connectivity index (χ1n) is 9.52. The fourth-order valence-electron chi connectivity index (χ4n) is 3.13. The molecule has 5 rings (SSSR count). The highest BCUT2D eigenvalue weighted by atomic mass is 19.4. The van der Waals surface area contributed by atoms with E-state index in [0.717, 1.165) is 19.0 Å². The molecule has 1 fully saturated rings. The second-order valence-electron chi connectivity index (χ2n) is 7.22. The Morgan fingerprint density at radius 2 is 2.09 bits per heavy atom. The summed E-state index contributed by atoms with van der Waals surface area (Å²) in [5, 5.41) is 17.2. The van der Waals surface area contributed by atoms with E-state index in [1.54, 1.807) is 0 Å². The first-order valence-corrected chi connectivity index (χ1v) is 9.52. The Kier molecular flexibility index (Phi) is 4.46. The van der Waals surface area contributed by atoms with Gasteiger partial charge in [0.15, 0.2) is 11.1 Å². The summed E-state index contributed by atoms with van der Waals surface area (Å²) in [6.07, 6.45) is 2.10. The maximum absolute atomic E-state index is 13.4. The van der Waals surface area contributed by atoms with E-state index in [9.17, 15) is 23.1 Å². The van der Waals surface area contributed by atoms with Gasteiger partial charge in [0.2, 0.25) is 5.88 Å². The number of nitrogens with one attached hydrogen (secondary N) is 3. The first-order chi connectivity index (χ1) is 15.3. The van der Waals surface area contributed by atoms with Crippen molar-refractivity contribution in [1.29, 1.82) is 0 Å². The normalized spacial score (nSPS) is 15.6. The van der Waals surface area contributed by atoms with Crippen LogP contribution in [0.15, 0.2) is 40.5 Å². The predicted molar refractivity (Wildman–Crippen MR) is 106 cm³/mol. The maximum atomic E-state index is 13.4. The molecule has 4 aromatic heterocycles. The van der Waals surface area contributed by atoms with Crippen LogP contribution in [-0.2, 0) is 6.18 Å². The molecule has 1 saturated carbocycles. The van der Waals surface area contributed by atoms with E-state index >= 15 is 0 Å². The number of nitrogens with zero attached hydrogens (tertiary/aromatic N) is 5. The average Bonchev–Trinajstić information content (AvgIpc) is 3.36. The molecule has 1 aliphatic rings. The number of halogens is 3. The zero-order chi connectivity index (χ0) is 22.5. The number of anilines is 2. The number of rotatable bonds is 4. The van der Waals surface area contributed by atoms with Gasteiger partial charge in [-0.15, -0.1) is 0 Å². The van der Waals surface area contributed by atoms with Crippen molar-refractivity contribution in [2.24, 2.45) is 4.99 Å².